The summed E-state index contributed by atoms with van der Waals surface area (Å²) in [6.07, 6.45) is 3.28. The Morgan fingerprint density at radius 3 is 2.62 bits per heavy atom. The number of piperidine rings is 1. The smallest absolute Gasteiger partial charge is 0.273 e. The maximum Gasteiger partial charge on any atom is 0.273 e. The Hall–Kier alpha value is -2.46. The van der Waals surface area contributed by atoms with Gasteiger partial charge in [0.2, 0.25) is 5.95 Å². The van der Waals surface area contributed by atoms with E-state index in [2.05, 4.69) is 14.9 Å². The van der Waals surface area contributed by atoms with Crippen LogP contribution in [0.3, 0.4) is 0 Å². The molecular formula is C19H24N6O3S. The van der Waals surface area contributed by atoms with E-state index in [1.54, 1.807) is 5.38 Å². The number of nitrogens with one attached hydrogen (secondary N) is 1. The van der Waals surface area contributed by atoms with Crippen LogP contribution < -0.4 is 16.2 Å². The number of anilines is 2. The molecule has 10 heteroatoms. The second kappa shape index (κ2) is 7.10. The molecule has 0 saturated carbocycles. The van der Waals surface area contributed by atoms with Gasteiger partial charge in [0, 0.05) is 42.5 Å². The first-order chi connectivity index (χ1) is 14.1. The molecule has 4 heterocycles. The van der Waals surface area contributed by atoms with E-state index in [1.807, 2.05) is 4.90 Å². The van der Waals surface area contributed by atoms with E-state index in [0.29, 0.717) is 43.1 Å². The van der Waals surface area contributed by atoms with E-state index in [4.69, 9.17) is 15.5 Å². The molecule has 9 nitrogen and oxygen atoms in total. The number of nitrogens with zero attached hydrogens (tertiary/aromatic N) is 4. The number of aromatic amines is 1. The molecule has 1 spiro atoms. The van der Waals surface area contributed by atoms with Gasteiger partial charge in [0.05, 0.1) is 18.9 Å². The third kappa shape index (κ3) is 3.20. The van der Waals surface area contributed by atoms with E-state index < -0.39 is 0 Å². The molecule has 0 aromatic carbocycles. The van der Waals surface area contributed by atoms with E-state index in [-0.39, 0.29) is 16.9 Å². The highest BCUT2D eigenvalue weighted by molar-refractivity contribution is 7.13. The SMILES string of the molecule is Nc1nc(C(=O)N2CCC3(CCc4c3nc(N3CCOCC3)[nH]c4=O)CC2)cs1. The third-order valence-electron chi connectivity index (χ3n) is 6.42. The molecule has 2 aromatic heterocycles. The monoisotopic (exact) mass is 416 g/mol. The molecule has 3 N–H and O–H groups in total. The fraction of sp³-hybridized carbons (Fsp3) is 0.579. The zero-order chi connectivity index (χ0) is 20.0. The van der Waals surface area contributed by atoms with Crippen LogP contribution in [0.2, 0.25) is 0 Å². The van der Waals surface area contributed by atoms with E-state index in [9.17, 15) is 9.59 Å². The second-order valence-corrected chi connectivity index (χ2v) is 8.85. The summed E-state index contributed by atoms with van der Waals surface area (Å²) in [4.78, 5) is 41.4. The van der Waals surface area contributed by atoms with Crippen molar-refractivity contribution in [3.63, 3.8) is 0 Å². The molecule has 2 saturated heterocycles. The zero-order valence-electron chi connectivity index (χ0n) is 16.1. The van der Waals surface area contributed by atoms with E-state index in [0.717, 1.165) is 50.0 Å². The number of aromatic nitrogens is 3. The minimum Gasteiger partial charge on any atom is -0.378 e. The molecule has 29 heavy (non-hydrogen) atoms. The average Bonchev–Trinajstić information content (AvgIpc) is 3.33. The molecule has 1 aliphatic carbocycles. The van der Waals surface area contributed by atoms with Gasteiger partial charge in [-0.1, -0.05) is 0 Å². The summed E-state index contributed by atoms with van der Waals surface area (Å²) < 4.78 is 5.41. The van der Waals surface area contributed by atoms with Crippen LogP contribution in [0.25, 0.3) is 0 Å². The Bertz CT molecular complexity index is 988. The van der Waals surface area contributed by atoms with Gasteiger partial charge in [-0.3, -0.25) is 14.6 Å². The van der Waals surface area contributed by atoms with Gasteiger partial charge in [0.1, 0.15) is 5.69 Å². The summed E-state index contributed by atoms with van der Waals surface area (Å²) in [5.41, 5.74) is 7.69. The van der Waals surface area contributed by atoms with Crippen molar-refractivity contribution < 1.29 is 9.53 Å². The van der Waals surface area contributed by atoms with Gasteiger partial charge in [-0.05, 0) is 25.7 Å². The second-order valence-electron chi connectivity index (χ2n) is 7.96. The first-order valence-corrected chi connectivity index (χ1v) is 10.9. The number of hydrogen-bond acceptors (Lipinski definition) is 8. The predicted octanol–water partition coefficient (Wildman–Crippen LogP) is 0.765. The molecular weight excluding hydrogens is 392 g/mol. The van der Waals surface area contributed by atoms with Crippen LogP contribution in [0.1, 0.15) is 41.0 Å². The van der Waals surface area contributed by atoms with Gasteiger partial charge in [-0.2, -0.15) is 0 Å². The minimum atomic E-state index is -0.123. The predicted molar refractivity (Wildman–Crippen MR) is 110 cm³/mol. The van der Waals surface area contributed by atoms with Gasteiger partial charge >= 0.3 is 0 Å². The largest absolute Gasteiger partial charge is 0.378 e. The topological polar surface area (TPSA) is 117 Å². The van der Waals surface area contributed by atoms with Crippen molar-refractivity contribution in [2.45, 2.75) is 31.1 Å². The number of fused-ring (bicyclic) bond motifs is 2. The number of likely N-dealkylation sites (tertiary alicyclic amines) is 1. The summed E-state index contributed by atoms with van der Waals surface area (Å²) in [7, 11) is 0. The zero-order valence-corrected chi connectivity index (χ0v) is 17.0. The normalized spacial score (nSPS) is 20.8. The molecule has 3 aliphatic rings. The van der Waals surface area contributed by atoms with Gasteiger partial charge in [-0.15, -0.1) is 11.3 Å². The molecule has 2 aromatic rings. The molecule has 0 unspecified atom stereocenters. The number of amides is 1. The van der Waals surface area contributed by atoms with Crippen molar-refractivity contribution in [3.8, 4) is 0 Å². The average molecular weight is 417 g/mol. The lowest BCUT2D eigenvalue weighted by Crippen LogP contribution is -2.45. The lowest BCUT2D eigenvalue weighted by atomic mass is 9.76. The van der Waals surface area contributed by atoms with Crippen molar-refractivity contribution in [1.82, 2.24) is 19.9 Å². The van der Waals surface area contributed by atoms with Crippen molar-refractivity contribution in [1.29, 1.82) is 0 Å². The molecule has 5 rings (SSSR count). The lowest BCUT2D eigenvalue weighted by molar-refractivity contribution is 0.0658. The number of nitrogen functional groups attached to an aromatic ring is 1. The Balaban J connectivity index is 1.38. The third-order valence-corrected chi connectivity index (χ3v) is 7.09. The molecule has 1 amide bonds. The van der Waals surface area contributed by atoms with Crippen LogP contribution in [0.4, 0.5) is 11.1 Å². The number of carbonyl (C=O) groups is 1. The summed E-state index contributed by atoms with van der Waals surface area (Å²) >= 11 is 1.28. The number of rotatable bonds is 2. The number of H-pyrrole nitrogens is 1. The van der Waals surface area contributed by atoms with Gasteiger partial charge in [0.25, 0.3) is 11.5 Å². The molecule has 2 fully saturated rings. The van der Waals surface area contributed by atoms with Gasteiger partial charge < -0.3 is 20.3 Å². The summed E-state index contributed by atoms with van der Waals surface area (Å²) in [5.74, 6) is 0.577. The fourth-order valence-corrected chi connectivity index (χ4v) is 5.27. The van der Waals surface area contributed by atoms with Crippen molar-refractivity contribution in [3.05, 3.63) is 32.7 Å². The van der Waals surface area contributed by atoms with Crippen molar-refractivity contribution in [2.24, 2.45) is 0 Å². The quantitative estimate of drug-likeness (QED) is 0.742. The number of thiazole rings is 1. The van der Waals surface area contributed by atoms with Gasteiger partial charge in [-0.25, -0.2) is 9.97 Å². The number of morpholine rings is 1. The lowest BCUT2D eigenvalue weighted by Gasteiger charge is -2.39. The molecule has 0 radical (unpaired) electrons. The number of hydrogen-bond donors (Lipinski definition) is 2. The van der Waals surface area contributed by atoms with Crippen LogP contribution in [-0.4, -0.2) is 65.2 Å². The first kappa shape index (κ1) is 18.6. The van der Waals surface area contributed by atoms with Crippen molar-refractivity contribution >= 4 is 28.3 Å². The van der Waals surface area contributed by atoms with Crippen LogP contribution in [0.5, 0.6) is 0 Å². The maximum absolute atomic E-state index is 12.7. The minimum absolute atomic E-state index is 0.0233. The number of nitrogens with two attached hydrogens (primary N) is 1. The Labute approximate surface area is 171 Å². The van der Waals surface area contributed by atoms with E-state index >= 15 is 0 Å². The van der Waals surface area contributed by atoms with Crippen LogP contribution in [0, 0.1) is 0 Å². The number of carbonyl (C=O) groups excluding carboxylic acids is 1. The maximum atomic E-state index is 12.7. The highest BCUT2D eigenvalue weighted by atomic mass is 32.1. The summed E-state index contributed by atoms with van der Waals surface area (Å²) in [5, 5.41) is 2.12. The molecule has 0 atom stereocenters. The van der Waals surface area contributed by atoms with Crippen LogP contribution >= 0.6 is 11.3 Å². The van der Waals surface area contributed by atoms with E-state index in [1.165, 1.54) is 11.3 Å². The Morgan fingerprint density at radius 2 is 1.93 bits per heavy atom. The number of ether oxygens (including phenoxy) is 1. The molecule has 2 aliphatic heterocycles. The summed E-state index contributed by atoms with van der Waals surface area (Å²) in [6, 6.07) is 0. The Kier molecular flexibility index (Phi) is 4.54. The first-order valence-electron chi connectivity index (χ1n) is 10.0. The van der Waals surface area contributed by atoms with Crippen molar-refractivity contribution in [2.75, 3.05) is 50.0 Å². The van der Waals surface area contributed by atoms with Crippen LogP contribution in [0.15, 0.2) is 10.2 Å². The standard InChI is InChI=1S/C19H24N6O3S/c20-17-21-13(11-29-17)16(27)24-5-3-19(4-6-24)2-1-12-14(19)22-18(23-15(12)26)25-7-9-28-10-8-25/h11H,1-10H2,(H2,20,21)(H,22,23,26). The summed E-state index contributed by atoms with van der Waals surface area (Å²) in [6.45, 7) is 4.02. The Morgan fingerprint density at radius 1 is 1.17 bits per heavy atom. The molecule has 154 valence electrons. The highest BCUT2D eigenvalue weighted by Gasteiger charge is 2.45. The highest BCUT2D eigenvalue weighted by Crippen LogP contribution is 2.44. The molecule has 0 bridgehead atoms. The van der Waals surface area contributed by atoms with Gasteiger partial charge in [0.15, 0.2) is 5.13 Å². The fourth-order valence-electron chi connectivity index (χ4n) is 4.74. The van der Waals surface area contributed by atoms with Crippen LogP contribution in [-0.2, 0) is 16.6 Å².